The Bertz CT molecular complexity index is 987. The first kappa shape index (κ1) is 20.1. The standard InChI is InChI=1S/C23H24N4O2/c1-4-14-24-23(28)19-15-21(27-22(26-19)17-10-6-5-7-11-17)25-18-12-8-9-13-20(18)29-16(2)3/h4-13,15-16H,1,14H2,2-3H3,(H,24,28)(H,25,26,27). The second-order valence-electron chi connectivity index (χ2n) is 6.61. The van der Waals surface area contributed by atoms with E-state index >= 15 is 0 Å². The number of hydrogen-bond donors (Lipinski definition) is 2. The molecule has 1 amide bonds. The average Bonchev–Trinajstić information content (AvgIpc) is 2.73. The molecule has 0 aliphatic rings. The Balaban J connectivity index is 2.00. The molecule has 3 aromatic rings. The molecule has 6 nitrogen and oxygen atoms in total. The summed E-state index contributed by atoms with van der Waals surface area (Å²) in [5.74, 6) is 1.38. The molecule has 148 valence electrons. The van der Waals surface area contributed by atoms with Crippen molar-refractivity contribution in [2.45, 2.75) is 20.0 Å². The Morgan fingerprint density at radius 2 is 1.83 bits per heavy atom. The van der Waals surface area contributed by atoms with E-state index in [4.69, 9.17) is 4.74 Å². The van der Waals surface area contributed by atoms with E-state index in [2.05, 4.69) is 27.2 Å². The van der Waals surface area contributed by atoms with Gasteiger partial charge < -0.3 is 15.4 Å². The number of carbonyl (C=O) groups is 1. The van der Waals surface area contributed by atoms with Crippen molar-refractivity contribution >= 4 is 17.4 Å². The predicted molar refractivity (Wildman–Crippen MR) is 115 cm³/mol. The largest absolute Gasteiger partial charge is 0.489 e. The van der Waals surface area contributed by atoms with Gasteiger partial charge in [0.05, 0.1) is 11.8 Å². The summed E-state index contributed by atoms with van der Waals surface area (Å²) in [7, 11) is 0. The van der Waals surface area contributed by atoms with Crippen molar-refractivity contribution in [1.29, 1.82) is 0 Å². The predicted octanol–water partition coefficient (Wildman–Crippen LogP) is 4.59. The van der Waals surface area contributed by atoms with Gasteiger partial charge in [0.2, 0.25) is 0 Å². The third-order valence-electron chi connectivity index (χ3n) is 3.91. The lowest BCUT2D eigenvalue weighted by Crippen LogP contribution is -2.24. The number of amides is 1. The summed E-state index contributed by atoms with van der Waals surface area (Å²) in [6.07, 6.45) is 1.65. The summed E-state index contributed by atoms with van der Waals surface area (Å²) < 4.78 is 5.87. The van der Waals surface area contributed by atoms with Crippen molar-refractivity contribution in [3.63, 3.8) is 0 Å². The normalized spacial score (nSPS) is 10.4. The van der Waals surface area contributed by atoms with Gasteiger partial charge in [0, 0.05) is 18.2 Å². The van der Waals surface area contributed by atoms with Crippen LogP contribution in [0, 0.1) is 0 Å². The zero-order valence-corrected chi connectivity index (χ0v) is 16.6. The maximum Gasteiger partial charge on any atom is 0.270 e. The first-order valence-corrected chi connectivity index (χ1v) is 9.43. The van der Waals surface area contributed by atoms with Gasteiger partial charge in [0.25, 0.3) is 5.91 Å². The minimum atomic E-state index is -0.292. The minimum Gasteiger partial charge on any atom is -0.489 e. The first-order chi connectivity index (χ1) is 14.1. The lowest BCUT2D eigenvalue weighted by molar-refractivity contribution is 0.0953. The Morgan fingerprint density at radius 1 is 1.10 bits per heavy atom. The number of ether oxygens (including phenoxy) is 1. The lowest BCUT2D eigenvalue weighted by Gasteiger charge is -2.16. The van der Waals surface area contributed by atoms with Gasteiger partial charge in [-0.1, -0.05) is 48.5 Å². The zero-order chi connectivity index (χ0) is 20.6. The van der Waals surface area contributed by atoms with E-state index in [0.29, 0.717) is 23.9 Å². The molecule has 0 fully saturated rings. The molecule has 6 heteroatoms. The molecule has 1 heterocycles. The molecule has 0 aliphatic heterocycles. The second kappa shape index (κ2) is 9.50. The molecule has 2 aromatic carbocycles. The number of hydrogen-bond acceptors (Lipinski definition) is 5. The smallest absolute Gasteiger partial charge is 0.270 e. The fourth-order valence-corrected chi connectivity index (χ4v) is 2.66. The number of anilines is 2. The third kappa shape index (κ3) is 5.42. The van der Waals surface area contributed by atoms with Crippen molar-refractivity contribution < 1.29 is 9.53 Å². The number of para-hydroxylation sites is 2. The topological polar surface area (TPSA) is 76.1 Å². The highest BCUT2D eigenvalue weighted by molar-refractivity contribution is 5.93. The van der Waals surface area contributed by atoms with Crippen LogP contribution in [0.1, 0.15) is 24.3 Å². The maximum atomic E-state index is 12.5. The molecule has 0 bridgehead atoms. The van der Waals surface area contributed by atoms with Crippen molar-refractivity contribution in [2.75, 3.05) is 11.9 Å². The SMILES string of the molecule is C=CCNC(=O)c1cc(Nc2ccccc2OC(C)C)nc(-c2ccccc2)n1. The lowest BCUT2D eigenvalue weighted by atomic mass is 10.2. The summed E-state index contributed by atoms with van der Waals surface area (Å²) in [5.41, 5.74) is 1.85. The van der Waals surface area contributed by atoms with E-state index in [9.17, 15) is 4.79 Å². The Labute approximate surface area is 170 Å². The molecule has 1 aromatic heterocycles. The fourth-order valence-electron chi connectivity index (χ4n) is 2.66. The van der Waals surface area contributed by atoms with Crippen LogP contribution < -0.4 is 15.4 Å². The summed E-state index contributed by atoms with van der Waals surface area (Å²) in [4.78, 5) is 21.5. The molecular formula is C23H24N4O2. The number of nitrogens with one attached hydrogen (secondary N) is 2. The summed E-state index contributed by atoms with van der Waals surface area (Å²) in [6, 6.07) is 18.8. The fraction of sp³-hybridized carbons (Fsp3) is 0.174. The van der Waals surface area contributed by atoms with Crippen molar-refractivity contribution in [1.82, 2.24) is 15.3 Å². The first-order valence-electron chi connectivity index (χ1n) is 9.43. The molecule has 2 N–H and O–H groups in total. The van der Waals surface area contributed by atoms with Gasteiger partial charge in [-0.3, -0.25) is 4.79 Å². The zero-order valence-electron chi connectivity index (χ0n) is 16.6. The van der Waals surface area contributed by atoms with Crippen LogP contribution in [-0.4, -0.2) is 28.5 Å². The van der Waals surface area contributed by atoms with Gasteiger partial charge in [-0.25, -0.2) is 9.97 Å². The quantitative estimate of drug-likeness (QED) is 0.552. The highest BCUT2D eigenvalue weighted by atomic mass is 16.5. The second-order valence-corrected chi connectivity index (χ2v) is 6.61. The number of benzene rings is 2. The van der Waals surface area contributed by atoms with Crippen molar-refractivity contribution in [3.8, 4) is 17.1 Å². The van der Waals surface area contributed by atoms with Crippen molar-refractivity contribution in [3.05, 3.63) is 79.0 Å². The number of aromatic nitrogens is 2. The summed E-state index contributed by atoms with van der Waals surface area (Å²) in [5, 5.41) is 6.02. The van der Waals surface area contributed by atoms with Gasteiger partial charge in [0.1, 0.15) is 17.3 Å². The maximum absolute atomic E-state index is 12.5. The molecule has 0 atom stereocenters. The molecule has 0 saturated carbocycles. The molecule has 29 heavy (non-hydrogen) atoms. The number of carbonyl (C=O) groups excluding carboxylic acids is 1. The molecular weight excluding hydrogens is 364 g/mol. The van der Waals surface area contributed by atoms with E-state index < -0.39 is 0 Å². The molecule has 0 aliphatic carbocycles. The van der Waals surface area contributed by atoms with E-state index in [1.165, 1.54) is 0 Å². The van der Waals surface area contributed by atoms with Gasteiger partial charge in [-0.2, -0.15) is 0 Å². The molecule has 0 spiro atoms. The van der Waals surface area contributed by atoms with Gasteiger partial charge in [0.15, 0.2) is 5.82 Å². The highest BCUT2D eigenvalue weighted by Crippen LogP contribution is 2.28. The van der Waals surface area contributed by atoms with Crippen LogP contribution in [0.3, 0.4) is 0 Å². The van der Waals surface area contributed by atoms with E-state index in [1.54, 1.807) is 12.1 Å². The van der Waals surface area contributed by atoms with Crippen molar-refractivity contribution in [2.24, 2.45) is 0 Å². The van der Waals surface area contributed by atoms with E-state index in [-0.39, 0.29) is 17.7 Å². The summed E-state index contributed by atoms with van der Waals surface area (Å²) in [6.45, 7) is 7.92. The van der Waals surface area contributed by atoms with E-state index in [0.717, 1.165) is 11.3 Å². The summed E-state index contributed by atoms with van der Waals surface area (Å²) >= 11 is 0. The number of rotatable bonds is 8. The Kier molecular flexibility index (Phi) is 6.58. The molecule has 0 radical (unpaired) electrons. The third-order valence-corrected chi connectivity index (χ3v) is 3.91. The van der Waals surface area contributed by atoms with Crippen LogP contribution in [-0.2, 0) is 0 Å². The molecule has 3 rings (SSSR count). The molecule has 0 unspecified atom stereocenters. The average molecular weight is 388 g/mol. The van der Waals surface area contributed by atoms with Crippen LogP contribution in [0.25, 0.3) is 11.4 Å². The van der Waals surface area contributed by atoms with Crippen LogP contribution in [0.15, 0.2) is 73.3 Å². The van der Waals surface area contributed by atoms with Gasteiger partial charge in [-0.15, -0.1) is 6.58 Å². The van der Waals surface area contributed by atoms with Gasteiger partial charge >= 0.3 is 0 Å². The van der Waals surface area contributed by atoms with Crippen LogP contribution in [0.4, 0.5) is 11.5 Å². The Hall–Kier alpha value is -3.67. The van der Waals surface area contributed by atoms with E-state index in [1.807, 2.05) is 68.4 Å². The monoisotopic (exact) mass is 388 g/mol. The highest BCUT2D eigenvalue weighted by Gasteiger charge is 2.14. The van der Waals surface area contributed by atoms with Crippen LogP contribution in [0.5, 0.6) is 5.75 Å². The minimum absolute atomic E-state index is 0.0310. The Morgan fingerprint density at radius 3 is 2.55 bits per heavy atom. The number of nitrogens with zero attached hydrogens (tertiary/aromatic N) is 2. The van der Waals surface area contributed by atoms with Crippen LogP contribution in [0.2, 0.25) is 0 Å². The van der Waals surface area contributed by atoms with Gasteiger partial charge in [-0.05, 0) is 26.0 Å². The molecule has 0 saturated heterocycles. The van der Waals surface area contributed by atoms with Crippen LogP contribution >= 0.6 is 0 Å².